The van der Waals surface area contributed by atoms with Gasteiger partial charge in [-0.2, -0.15) is 0 Å². The molecule has 0 saturated carbocycles. The van der Waals surface area contributed by atoms with Crippen molar-refractivity contribution in [2.24, 2.45) is 0 Å². The monoisotopic (exact) mass is 1010 g/mol. The molecule has 0 amide bonds. The van der Waals surface area contributed by atoms with E-state index < -0.39 is 0 Å². The first-order valence-electron chi connectivity index (χ1n) is 21.6. The van der Waals surface area contributed by atoms with Crippen molar-refractivity contribution in [2.75, 3.05) is 0 Å². The van der Waals surface area contributed by atoms with Crippen LogP contribution < -0.4 is 0 Å². The van der Waals surface area contributed by atoms with Crippen LogP contribution in [0.2, 0.25) is 0 Å². The number of rotatable bonds is 6. The zero-order valence-corrected chi connectivity index (χ0v) is 37.7. The van der Waals surface area contributed by atoms with E-state index in [0.29, 0.717) is 0 Å². The van der Waals surface area contributed by atoms with Crippen molar-refractivity contribution in [3.05, 3.63) is 255 Å². The zero-order chi connectivity index (χ0) is 42.7. The molecule has 10 aromatic carbocycles. The minimum Gasteiger partial charge on any atom is -0.304 e. The third-order valence-electron chi connectivity index (χ3n) is 12.0. The summed E-state index contributed by atoms with van der Waals surface area (Å²) in [6.45, 7) is 0. The van der Waals surface area contributed by atoms with E-state index in [1.165, 1.54) is 71.1 Å². The Morgan fingerprint density at radius 2 is 0.692 bits per heavy atom. The maximum Gasteiger partial charge on any atom is 0.0167 e. The second kappa shape index (κ2) is 18.5. The van der Waals surface area contributed by atoms with Gasteiger partial charge in [-0.25, -0.2) is 0 Å². The first-order chi connectivity index (χ1) is 31.7. The smallest absolute Gasteiger partial charge is 0.0167 e. The quantitative estimate of drug-likeness (QED) is 0.155. The van der Waals surface area contributed by atoms with Gasteiger partial charge in [0, 0.05) is 32.5 Å². The Morgan fingerprint density at radius 1 is 0.277 bits per heavy atom. The summed E-state index contributed by atoms with van der Waals surface area (Å²) in [5, 5.41) is 9.69. The van der Waals surface area contributed by atoms with Gasteiger partial charge in [-0.05, 0) is 130 Å². The fourth-order valence-electron chi connectivity index (χ4n) is 8.93. The molecular formula is C62H40IrN2-2. The summed E-state index contributed by atoms with van der Waals surface area (Å²) in [5.41, 5.74) is 13.5. The Morgan fingerprint density at radius 3 is 1.26 bits per heavy atom. The van der Waals surface area contributed by atoms with Crippen LogP contribution in [0.25, 0.3) is 110 Å². The Bertz CT molecular complexity index is 3520. The molecule has 2 aromatic heterocycles. The van der Waals surface area contributed by atoms with E-state index >= 15 is 0 Å². The number of benzene rings is 10. The van der Waals surface area contributed by atoms with Gasteiger partial charge in [0.2, 0.25) is 0 Å². The summed E-state index contributed by atoms with van der Waals surface area (Å²) in [6.07, 6.45) is 3.73. The number of hydrogen-bond donors (Lipinski definition) is 0. The van der Waals surface area contributed by atoms with Crippen LogP contribution in [0.1, 0.15) is 0 Å². The van der Waals surface area contributed by atoms with E-state index in [0.717, 1.165) is 39.0 Å². The van der Waals surface area contributed by atoms with Crippen molar-refractivity contribution in [3.63, 3.8) is 0 Å². The zero-order valence-electron chi connectivity index (χ0n) is 35.3. The van der Waals surface area contributed by atoms with Gasteiger partial charge in [-0.15, -0.1) is 71.3 Å². The maximum absolute atomic E-state index is 4.77. The van der Waals surface area contributed by atoms with Crippen LogP contribution in [0, 0.1) is 12.1 Å². The summed E-state index contributed by atoms with van der Waals surface area (Å²) < 4.78 is 0. The molecule has 12 rings (SSSR count). The van der Waals surface area contributed by atoms with Gasteiger partial charge in [0.05, 0.1) is 0 Å². The van der Waals surface area contributed by atoms with Crippen LogP contribution in [-0.2, 0) is 20.1 Å². The van der Waals surface area contributed by atoms with Crippen LogP contribution in [-0.4, -0.2) is 9.97 Å². The van der Waals surface area contributed by atoms with E-state index in [4.69, 9.17) is 4.98 Å². The second-order valence-electron chi connectivity index (χ2n) is 16.0. The summed E-state index contributed by atoms with van der Waals surface area (Å²) in [7, 11) is 0. The molecule has 309 valence electrons. The van der Waals surface area contributed by atoms with Crippen LogP contribution in [0.5, 0.6) is 0 Å². The van der Waals surface area contributed by atoms with Gasteiger partial charge >= 0.3 is 0 Å². The number of fused-ring (bicyclic) bond motifs is 4. The van der Waals surface area contributed by atoms with Crippen LogP contribution in [0.15, 0.2) is 243 Å². The Balaban J connectivity index is 0.000000246. The molecule has 0 N–H and O–H groups in total. The van der Waals surface area contributed by atoms with Crippen LogP contribution >= 0.6 is 0 Å². The first kappa shape index (κ1) is 41.2. The Hall–Kier alpha value is -7.81. The second-order valence-corrected chi connectivity index (χ2v) is 16.0. The first-order valence-corrected chi connectivity index (χ1v) is 21.6. The van der Waals surface area contributed by atoms with Gasteiger partial charge in [0.25, 0.3) is 0 Å². The molecule has 0 spiro atoms. The molecule has 2 nitrogen and oxygen atoms in total. The predicted molar refractivity (Wildman–Crippen MR) is 269 cm³/mol. The molecule has 65 heavy (non-hydrogen) atoms. The van der Waals surface area contributed by atoms with Crippen LogP contribution in [0.3, 0.4) is 0 Å². The molecule has 1 radical (unpaired) electrons. The number of aromatic nitrogens is 2. The molecule has 0 aliphatic heterocycles. The fraction of sp³-hybridized carbons (Fsp3) is 0. The average Bonchev–Trinajstić information content (AvgIpc) is 3.38. The van der Waals surface area contributed by atoms with Gasteiger partial charge in [-0.1, -0.05) is 152 Å². The molecule has 0 saturated heterocycles. The van der Waals surface area contributed by atoms with Gasteiger partial charge in [0.1, 0.15) is 0 Å². The SMILES string of the molecule is [Ir].[c-]1ccc(-c2cccc(-c3cc(-c4cccc5ccccc45)cc(-c4cccc5ccccc45)c3)c2)cc1-c1nccc2ccccc12.[c-]1ccccc1-c1nccc2ccccc12. The number of pyridine rings is 2. The standard InChI is InChI=1S/C47H30N.C15H10N.Ir/c1-4-20-42-32(11-1)14-9-23-44(42)40-29-39(30-41(31-40)45-24-10-15-33-12-2-5-21-43(33)45)37-18-7-16-35(27-37)36-17-8-19-38(28-36)47-46-22-6-3-13-34(46)25-26-48-47;1-2-7-13(8-3-1)15-14-9-5-4-6-12(14)10-11-16-15;/h1-18,20-31H;1-7,9-11H;/q2*-1;. The third-order valence-corrected chi connectivity index (χ3v) is 12.0. The van der Waals surface area contributed by atoms with Crippen molar-refractivity contribution >= 4 is 43.1 Å². The van der Waals surface area contributed by atoms with Crippen molar-refractivity contribution < 1.29 is 20.1 Å². The fourth-order valence-corrected chi connectivity index (χ4v) is 8.93. The molecule has 0 aliphatic carbocycles. The summed E-state index contributed by atoms with van der Waals surface area (Å²) in [4.78, 5) is 9.21. The minimum atomic E-state index is 0. The minimum absolute atomic E-state index is 0. The predicted octanol–water partition coefficient (Wildman–Crippen LogP) is 16.4. The molecule has 2 heterocycles. The van der Waals surface area contributed by atoms with E-state index in [1.54, 1.807) is 0 Å². The summed E-state index contributed by atoms with van der Waals surface area (Å²) in [5.74, 6) is 0. The van der Waals surface area contributed by atoms with Crippen molar-refractivity contribution in [1.82, 2.24) is 9.97 Å². The van der Waals surface area contributed by atoms with E-state index in [2.05, 4.69) is 199 Å². The van der Waals surface area contributed by atoms with Crippen molar-refractivity contribution in [2.45, 2.75) is 0 Å². The number of nitrogens with zero attached hydrogens (tertiary/aromatic N) is 2. The molecule has 0 unspecified atom stereocenters. The maximum atomic E-state index is 4.77. The number of hydrogen-bond acceptors (Lipinski definition) is 2. The molecule has 12 aromatic rings. The van der Waals surface area contributed by atoms with Gasteiger partial charge in [-0.3, -0.25) is 0 Å². The molecule has 0 fully saturated rings. The van der Waals surface area contributed by atoms with E-state index in [-0.39, 0.29) is 20.1 Å². The molecule has 0 aliphatic rings. The molecule has 0 atom stereocenters. The van der Waals surface area contributed by atoms with Crippen LogP contribution in [0.4, 0.5) is 0 Å². The van der Waals surface area contributed by atoms with Crippen molar-refractivity contribution in [1.29, 1.82) is 0 Å². The molecule has 0 bridgehead atoms. The van der Waals surface area contributed by atoms with Gasteiger partial charge in [0.15, 0.2) is 0 Å². The van der Waals surface area contributed by atoms with Gasteiger partial charge < -0.3 is 9.97 Å². The topological polar surface area (TPSA) is 25.8 Å². The average molecular weight is 1010 g/mol. The Kier molecular flexibility index (Phi) is 11.7. The summed E-state index contributed by atoms with van der Waals surface area (Å²) in [6, 6.07) is 88.2. The Labute approximate surface area is 392 Å². The molecule has 3 heteroatoms. The summed E-state index contributed by atoms with van der Waals surface area (Å²) >= 11 is 0. The normalized spacial score (nSPS) is 11.0. The largest absolute Gasteiger partial charge is 0.304 e. The van der Waals surface area contributed by atoms with E-state index in [9.17, 15) is 0 Å². The van der Waals surface area contributed by atoms with E-state index in [1.807, 2.05) is 60.9 Å². The van der Waals surface area contributed by atoms with Crippen molar-refractivity contribution in [3.8, 4) is 67.0 Å². The molecular weight excluding hydrogens is 965 g/mol. The third kappa shape index (κ3) is 8.40.